The lowest BCUT2D eigenvalue weighted by molar-refractivity contribution is -0.152. The molecule has 0 fully saturated rings. The Kier molecular flexibility index (Phi) is 7.72. The molecule has 0 radical (unpaired) electrons. The first kappa shape index (κ1) is 21.9. The van der Waals surface area contributed by atoms with E-state index in [1.165, 1.54) is 0 Å². The number of nitrogens with one attached hydrogen (secondary N) is 2. The number of H-pyrrole nitrogens is 1. The molecule has 0 aliphatic rings. The van der Waals surface area contributed by atoms with Crippen molar-refractivity contribution in [3.05, 3.63) is 69.0 Å². The first-order valence-electron chi connectivity index (χ1n) is 8.91. The van der Waals surface area contributed by atoms with Crippen LogP contribution >= 0.6 is 0 Å². The predicted octanol–water partition coefficient (Wildman–Crippen LogP) is 0.522. The Morgan fingerprint density at radius 3 is 2.45 bits per heavy atom. The van der Waals surface area contributed by atoms with Crippen LogP contribution in [0.25, 0.3) is 0 Å². The van der Waals surface area contributed by atoms with Crippen molar-refractivity contribution in [2.45, 2.75) is 32.7 Å². The van der Waals surface area contributed by atoms with Crippen LogP contribution in [0.4, 0.5) is 4.79 Å². The van der Waals surface area contributed by atoms with E-state index in [1.807, 2.05) is 23.2 Å². The summed E-state index contributed by atoms with van der Waals surface area (Å²) in [7, 11) is 0. The maximum absolute atomic E-state index is 12.3. The van der Waals surface area contributed by atoms with E-state index in [9.17, 15) is 24.3 Å². The maximum atomic E-state index is 12.3. The fourth-order valence-electron chi connectivity index (χ4n) is 2.38. The number of esters is 1. The summed E-state index contributed by atoms with van der Waals surface area (Å²) < 4.78 is 10.9. The molecule has 2 aromatic rings. The van der Waals surface area contributed by atoms with Crippen molar-refractivity contribution in [3.63, 3.8) is 0 Å². The van der Waals surface area contributed by atoms with Gasteiger partial charge in [0.2, 0.25) is 0 Å². The number of rotatable bonds is 8. The second-order valence-electron chi connectivity index (χ2n) is 6.56. The van der Waals surface area contributed by atoms with Crippen LogP contribution in [0.3, 0.4) is 0 Å². The van der Waals surface area contributed by atoms with Crippen LogP contribution in [0.1, 0.15) is 25.6 Å². The topological polar surface area (TPSA) is 140 Å². The Morgan fingerprint density at radius 1 is 1.14 bits per heavy atom. The molecule has 0 aliphatic heterocycles. The summed E-state index contributed by atoms with van der Waals surface area (Å²) in [6.45, 7) is 2.90. The van der Waals surface area contributed by atoms with E-state index in [0.29, 0.717) is 0 Å². The third-order valence-electron chi connectivity index (χ3n) is 3.95. The van der Waals surface area contributed by atoms with Gasteiger partial charge >= 0.3 is 17.8 Å². The number of aliphatic hydroxyl groups is 1. The average Bonchev–Trinajstić information content (AvgIpc) is 2.69. The summed E-state index contributed by atoms with van der Waals surface area (Å²) in [4.78, 5) is 49.0. The highest BCUT2D eigenvalue weighted by Gasteiger charge is 2.27. The van der Waals surface area contributed by atoms with Crippen LogP contribution in [0.5, 0.6) is 0 Å². The van der Waals surface area contributed by atoms with Gasteiger partial charge in [-0.15, -0.1) is 0 Å². The van der Waals surface area contributed by atoms with Gasteiger partial charge < -0.3 is 19.9 Å². The molecule has 2 atom stereocenters. The van der Waals surface area contributed by atoms with Gasteiger partial charge in [0.1, 0.15) is 19.3 Å². The standard InChI is InChI=1S/C19H23N3O7/c1-12(2)16(21-19(27)29-10-13-6-4-3-5-7-13)17(25)28-11-15(24)22-9-8-14(23)20-18(22)26/h3-9,12,15-16,24H,10-11H2,1-2H3,(H,21,27)(H,20,23,26)/t15-,16?/m1/s1. The van der Waals surface area contributed by atoms with Crippen LogP contribution in [-0.4, -0.2) is 39.4 Å². The van der Waals surface area contributed by atoms with Crippen LogP contribution in [0, 0.1) is 5.92 Å². The first-order chi connectivity index (χ1) is 13.8. The fourth-order valence-corrected chi connectivity index (χ4v) is 2.38. The molecule has 1 aromatic carbocycles. The fraction of sp³-hybridized carbons (Fsp3) is 0.368. The zero-order chi connectivity index (χ0) is 21.4. The summed E-state index contributed by atoms with van der Waals surface area (Å²) in [5, 5.41) is 12.4. The number of carbonyl (C=O) groups excluding carboxylic acids is 2. The van der Waals surface area contributed by atoms with Gasteiger partial charge in [-0.05, 0) is 11.5 Å². The summed E-state index contributed by atoms with van der Waals surface area (Å²) in [5.41, 5.74) is -0.668. The molecule has 0 saturated carbocycles. The molecule has 0 aliphatic carbocycles. The number of aromatic nitrogens is 2. The molecule has 10 nitrogen and oxygen atoms in total. The lowest BCUT2D eigenvalue weighted by atomic mass is 10.1. The third-order valence-corrected chi connectivity index (χ3v) is 3.95. The highest BCUT2D eigenvalue weighted by Crippen LogP contribution is 2.08. The molecule has 1 heterocycles. The highest BCUT2D eigenvalue weighted by atomic mass is 16.6. The Bertz CT molecular complexity index is 937. The summed E-state index contributed by atoms with van der Waals surface area (Å²) >= 11 is 0. The predicted molar refractivity (Wildman–Crippen MR) is 102 cm³/mol. The Balaban J connectivity index is 1.90. The second-order valence-corrected chi connectivity index (χ2v) is 6.56. The number of aliphatic hydroxyl groups excluding tert-OH is 1. The molecular formula is C19H23N3O7. The number of hydrogen-bond donors (Lipinski definition) is 3. The molecule has 0 bridgehead atoms. The van der Waals surface area contributed by atoms with Gasteiger partial charge in [0.05, 0.1) is 0 Å². The molecule has 2 rings (SSSR count). The highest BCUT2D eigenvalue weighted by molar-refractivity contribution is 5.81. The van der Waals surface area contributed by atoms with Crippen molar-refractivity contribution in [1.82, 2.24) is 14.9 Å². The Labute approximate surface area is 166 Å². The van der Waals surface area contributed by atoms with Crippen molar-refractivity contribution in [1.29, 1.82) is 0 Å². The van der Waals surface area contributed by atoms with Crippen molar-refractivity contribution in [2.24, 2.45) is 5.92 Å². The van der Waals surface area contributed by atoms with Gasteiger partial charge in [-0.3, -0.25) is 14.3 Å². The second kappa shape index (κ2) is 10.2. The molecule has 0 saturated heterocycles. The van der Waals surface area contributed by atoms with Crippen molar-refractivity contribution in [2.75, 3.05) is 6.61 Å². The number of amides is 1. The van der Waals surface area contributed by atoms with Crippen LogP contribution < -0.4 is 16.6 Å². The summed E-state index contributed by atoms with van der Waals surface area (Å²) in [5.74, 6) is -1.12. The minimum Gasteiger partial charge on any atom is -0.459 e. The summed E-state index contributed by atoms with van der Waals surface area (Å²) in [6.07, 6.45) is -1.21. The quantitative estimate of drug-likeness (QED) is 0.544. The lowest BCUT2D eigenvalue weighted by Crippen LogP contribution is -2.46. The zero-order valence-electron chi connectivity index (χ0n) is 16.0. The molecule has 10 heteroatoms. The van der Waals surface area contributed by atoms with Crippen LogP contribution in [0.2, 0.25) is 0 Å². The first-order valence-corrected chi connectivity index (χ1v) is 8.91. The molecule has 1 amide bonds. The van der Waals surface area contributed by atoms with E-state index in [2.05, 4.69) is 5.32 Å². The van der Waals surface area contributed by atoms with E-state index in [0.717, 1.165) is 22.4 Å². The average molecular weight is 405 g/mol. The van der Waals surface area contributed by atoms with Gasteiger partial charge in [-0.2, -0.15) is 0 Å². The number of nitrogens with zero attached hydrogens (tertiary/aromatic N) is 1. The monoisotopic (exact) mass is 405 g/mol. The molecule has 1 unspecified atom stereocenters. The smallest absolute Gasteiger partial charge is 0.408 e. The zero-order valence-corrected chi connectivity index (χ0v) is 16.0. The number of hydrogen-bond acceptors (Lipinski definition) is 7. The van der Waals surface area contributed by atoms with Crippen LogP contribution in [-0.2, 0) is 20.9 Å². The van der Waals surface area contributed by atoms with Gasteiger partial charge in [0.15, 0.2) is 6.23 Å². The largest absolute Gasteiger partial charge is 0.459 e. The molecule has 0 spiro atoms. The normalized spacial score (nSPS) is 12.8. The van der Waals surface area contributed by atoms with Crippen molar-refractivity contribution >= 4 is 12.1 Å². The summed E-state index contributed by atoms with van der Waals surface area (Å²) in [6, 6.07) is 9.08. The third kappa shape index (κ3) is 6.61. The molecule has 156 valence electrons. The van der Waals surface area contributed by atoms with E-state index < -0.39 is 42.2 Å². The van der Waals surface area contributed by atoms with Gasteiger partial charge in [0, 0.05) is 12.3 Å². The minimum absolute atomic E-state index is 0.0420. The van der Waals surface area contributed by atoms with Crippen molar-refractivity contribution < 1.29 is 24.2 Å². The van der Waals surface area contributed by atoms with Crippen LogP contribution in [0.15, 0.2) is 52.2 Å². The number of alkyl carbamates (subject to hydrolysis) is 1. The Morgan fingerprint density at radius 2 is 1.83 bits per heavy atom. The van der Waals surface area contributed by atoms with Gasteiger partial charge in [0.25, 0.3) is 5.56 Å². The number of benzene rings is 1. The van der Waals surface area contributed by atoms with E-state index in [4.69, 9.17) is 9.47 Å². The number of aromatic amines is 1. The van der Waals surface area contributed by atoms with Crippen molar-refractivity contribution in [3.8, 4) is 0 Å². The molecule has 29 heavy (non-hydrogen) atoms. The van der Waals surface area contributed by atoms with E-state index >= 15 is 0 Å². The number of ether oxygens (including phenoxy) is 2. The van der Waals surface area contributed by atoms with Gasteiger partial charge in [-0.25, -0.2) is 14.4 Å². The minimum atomic E-state index is -1.50. The van der Waals surface area contributed by atoms with E-state index in [-0.39, 0.29) is 12.5 Å². The van der Waals surface area contributed by atoms with E-state index in [1.54, 1.807) is 26.0 Å². The van der Waals surface area contributed by atoms with Gasteiger partial charge in [-0.1, -0.05) is 44.2 Å². The SMILES string of the molecule is CC(C)C(NC(=O)OCc1ccccc1)C(=O)OC[C@@H](O)n1ccc(=O)[nH]c1=O. The molecule has 1 aromatic heterocycles. The molecule has 3 N–H and O–H groups in total. The Hall–Kier alpha value is -3.40. The lowest BCUT2D eigenvalue weighted by Gasteiger charge is -2.21. The number of carbonyl (C=O) groups is 2. The maximum Gasteiger partial charge on any atom is 0.408 e. The molecular weight excluding hydrogens is 382 g/mol.